The van der Waals surface area contributed by atoms with E-state index in [1.807, 2.05) is 19.1 Å². The number of hydrogen-bond acceptors (Lipinski definition) is 10. The lowest BCUT2D eigenvalue weighted by Crippen LogP contribution is -2.38. The first-order valence-electron chi connectivity index (χ1n) is 11.1. The van der Waals surface area contributed by atoms with Crippen LogP contribution in [0.2, 0.25) is 5.02 Å². The van der Waals surface area contributed by atoms with Gasteiger partial charge in [-0.1, -0.05) is 34.7 Å². The molecule has 0 bridgehead atoms. The molecule has 0 fully saturated rings. The van der Waals surface area contributed by atoms with Crippen LogP contribution in [-0.4, -0.2) is 27.5 Å². The van der Waals surface area contributed by atoms with Crippen LogP contribution in [0.3, 0.4) is 0 Å². The smallest absolute Gasteiger partial charge is 0.219 e. The van der Waals surface area contributed by atoms with Crippen molar-refractivity contribution >= 4 is 62.7 Å². The number of aromatic nitrogens is 2. The molecule has 7 nitrogen and oxygen atoms in total. The zero-order chi connectivity index (χ0) is 25.4. The predicted octanol–water partition coefficient (Wildman–Crippen LogP) is 5.84. The van der Waals surface area contributed by atoms with Gasteiger partial charge in [-0.2, -0.15) is 5.26 Å². The number of thiophene rings is 1. The fourth-order valence-electron chi connectivity index (χ4n) is 4.40. The van der Waals surface area contributed by atoms with Crippen LogP contribution < -0.4 is 10.6 Å². The number of carbonyl (C=O) groups excluding carboxylic acids is 2. The van der Waals surface area contributed by atoms with Gasteiger partial charge in [0.25, 0.3) is 0 Å². The number of allylic oxidation sites excluding steroid dienone is 3. The summed E-state index contributed by atoms with van der Waals surface area (Å²) < 4.78 is 0.596. The molecule has 182 valence electrons. The van der Waals surface area contributed by atoms with Crippen LogP contribution in [0.5, 0.6) is 0 Å². The third kappa shape index (κ3) is 4.60. The molecular weight excluding hydrogens is 534 g/mol. The van der Waals surface area contributed by atoms with Gasteiger partial charge in [0.05, 0.1) is 23.3 Å². The average Bonchev–Trinajstić information content (AvgIpc) is 3.51. The Morgan fingerprint density at radius 1 is 1.22 bits per heavy atom. The van der Waals surface area contributed by atoms with Gasteiger partial charge in [0.15, 0.2) is 15.9 Å². The Morgan fingerprint density at radius 2 is 2.00 bits per heavy atom. The van der Waals surface area contributed by atoms with E-state index in [1.54, 1.807) is 40.5 Å². The van der Waals surface area contributed by atoms with Gasteiger partial charge in [-0.15, -0.1) is 21.5 Å². The molecule has 36 heavy (non-hydrogen) atoms. The quantitative estimate of drug-likeness (QED) is 0.299. The molecule has 2 N–H and O–H groups in total. The number of thioether (sulfide) groups is 1. The van der Waals surface area contributed by atoms with E-state index in [2.05, 4.69) is 16.3 Å². The van der Waals surface area contributed by atoms with Crippen molar-refractivity contribution in [1.82, 2.24) is 10.2 Å². The van der Waals surface area contributed by atoms with Crippen LogP contribution in [0.4, 0.5) is 5.13 Å². The van der Waals surface area contributed by atoms with Crippen LogP contribution in [0.15, 0.2) is 63.4 Å². The molecular formula is C25H20ClN5O2S3. The number of nitrogens with two attached hydrogens (primary N) is 1. The van der Waals surface area contributed by atoms with Gasteiger partial charge >= 0.3 is 0 Å². The summed E-state index contributed by atoms with van der Waals surface area (Å²) in [6.07, 6.45) is 1.80. The molecule has 0 amide bonds. The van der Waals surface area contributed by atoms with E-state index < -0.39 is 5.92 Å². The van der Waals surface area contributed by atoms with Crippen molar-refractivity contribution in [2.75, 3.05) is 10.7 Å². The van der Waals surface area contributed by atoms with Gasteiger partial charge in [-0.3, -0.25) is 14.5 Å². The zero-order valence-corrected chi connectivity index (χ0v) is 22.4. The van der Waals surface area contributed by atoms with Crippen LogP contribution >= 0.6 is 46.0 Å². The molecule has 3 heterocycles. The number of anilines is 1. The second-order valence-corrected chi connectivity index (χ2v) is 12.3. The first-order valence-corrected chi connectivity index (χ1v) is 14.1. The van der Waals surface area contributed by atoms with Gasteiger partial charge in [0.2, 0.25) is 5.13 Å². The van der Waals surface area contributed by atoms with Crippen LogP contribution in [0.1, 0.15) is 45.3 Å². The average molecular weight is 554 g/mol. The minimum atomic E-state index is -0.466. The number of aryl methyl sites for hydroxylation is 1. The monoisotopic (exact) mass is 553 g/mol. The predicted molar refractivity (Wildman–Crippen MR) is 143 cm³/mol. The Bertz CT molecular complexity index is 1470. The van der Waals surface area contributed by atoms with Gasteiger partial charge < -0.3 is 5.73 Å². The fraction of sp³-hybridized carbons (Fsp3) is 0.240. The van der Waals surface area contributed by atoms with Crippen LogP contribution in [0.25, 0.3) is 0 Å². The second-order valence-electron chi connectivity index (χ2n) is 8.33. The van der Waals surface area contributed by atoms with Crippen LogP contribution in [0, 0.1) is 18.3 Å². The molecule has 3 aromatic rings. The molecule has 0 spiro atoms. The van der Waals surface area contributed by atoms with E-state index in [1.165, 1.54) is 23.1 Å². The highest BCUT2D eigenvalue weighted by molar-refractivity contribution is 8.01. The molecule has 0 saturated heterocycles. The lowest BCUT2D eigenvalue weighted by atomic mass is 9.78. The third-order valence-electron chi connectivity index (χ3n) is 6.04. The summed E-state index contributed by atoms with van der Waals surface area (Å²) in [6.45, 7) is 2.00. The van der Waals surface area contributed by atoms with Crippen molar-refractivity contribution in [2.45, 2.75) is 36.4 Å². The largest absolute Gasteiger partial charge is 0.384 e. The maximum Gasteiger partial charge on any atom is 0.219 e. The SMILES string of the molecule is Cc1ccc(C2C(C#N)=C(N)N(c3nnc(SCC(=O)c4ccc(Cl)cc4)s3)C3=C2C(=O)CCC3)s1. The Kier molecular flexibility index (Phi) is 6.99. The maximum atomic E-state index is 13.2. The Morgan fingerprint density at radius 3 is 2.69 bits per heavy atom. The standard InChI is InChI=1S/C25H20ClN5O2S3/c1-13-5-10-20(35-13)21-16(11-27)23(28)31(17-3-2-4-18(32)22(17)21)24-29-30-25(36-24)34-12-19(33)14-6-8-15(26)9-7-14/h5-10,21H,2-4,12,28H2,1H3. The topological polar surface area (TPSA) is 113 Å². The van der Waals surface area contributed by atoms with E-state index >= 15 is 0 Å². The molecule has 1 unspecified atom stereocenters. The number of nitriles is 1. The van der Waals surface area contributed by atoms with E-state index in [0.29, 0.717) is 50.5 Å². The van der Waals surface area contributed by atoms with Gasteiger partial charge in [0.1, 0.15) is 5.82 Å². The number of benzene rings is 1. The fourth-order valence-corrected chi connectivity index (χ4v) is 7.29. The number of ketones is 2. The van der Waals surface area contributed by atoms with Crippen molar-refractivity contribution in [3.05, 3.63) is 79.4 Å². The summed E-state index contributed by atoms with van der Waals surface area (Å²) in [4.78, 5) is 29.5. The summed E-state index contributed by atoms with van der Waals surface area (Å²) in [5, 5.41) is 19.7. The lowest BCUT2D eigenvalue weighted by Gasteiger charge is -2.37. The van der Waals surface area contributed by atoms with E-state index in [9.17, 15) is 14.9 Å². The number of halogens is 1. The molecule has 2 aliphatic rings. The van der Waals surface area contributed by atoms with Crippen molar-refractivity contribution < 1.29 is 9.59 Å². The summed E-state index contributed by atoms with van der Waals surface area (Å²) in [5.74, 6) is -0.0183. The van der Waals surface area contributed by atoms with E-state index in [4.69, 9.17) is 17.3 Å². The van der Waals surface area contributed by atoms with Crippen molar-refractivity contribution in [1.29, 1.82) is 5.26 Å². The summed E-state index contributed by atoms with van der Waals surface area (Å²) in [6, 6.07) is 13.0. The van der Waals surface area contributed by atoms with Gasteiger partial charge in [-0.05, 0) is 56.2 Å². The Labute approximate surface area is 225 Å². The Hall–Kier alpha value is -2.97. The van der Waals surface area contributed by atoms with E-state index in [0.717, 1.165) is 15.5 Å². The highest BCUT2D eigenvalue weighted by atomic mass is 35.5. The number of rotatable bonds is 6. The third-order valence-corrected chi connectivity index (χ3v) is 9.40. The molecule has 1 aliphatic heterocycles. The molecule has 0 radical (unpaired) electrons. The number of nitrogens with zero attached hydrogens (tertiary/aromatic N) is 4. The first kappa shape index (κ1) is 24.7. The first-order chi connectivity index (χ1) is 17.4. The Balaban J connectivity index is 1.46. The lowest BCUT2D eigenvalue weighted by molar-refractivity contribution is -0.116. The van der Waals surface area contributed by atoms with Crippen LogP contribution in [-0.2, 0) is 4.79 Å². The highest BCUT2D eigenvalue weighted by Crippen LogP contribution is 2.48. The molecule has 1 aromatic carbocycles. The number of hydrogen-bond donors (Lipinski definition) is 1. The van der Waals surface area contributed by atoms with Crippen molar-refractivity contribution in [2.24, 2.45) is 5.73 Å². The number of carbonyl (C=O) groups is 2. The zero-order valence-electron chi connectivity index (χ0n) is 19.2. The molecule has 1 aliphatic carbocycles. The summed E-state index contributed by atoms with van der Waals surface area (Å²) in [5.41, 5.74) is 8.90. The van der Waals surface area contributed by atoms with Gasteiger partial charge in [-0.25, -0.2) is 0 Å². The highest BCUT2D eigenvalue weighted by Gasteiger charge is 2.41. The maximum absolute atomic E-state index is 13.2. The number of Topliss-reactive ketones (excluding diaryl/α,β-unsaturated/α-hetero) is 2. The van der Waals surface area contributed by atoms with E-state index in [-0.39, 0.29) is 23.1 Å². The minimum absolute atomic E-state index is 0.0326. The van der Waals surface area contributed by atoms with Gasteiger partial charge in [0, 0.05) is 38.0 Å². The summed E-state index contributed by atoms with van der Waals surface area (Å²) >= 11 is 10.0. The molecule has 0 saturated carbocycles. The second kappa shape index (κ2) is 10.2. The normalized spacial score (nSPS) is 17.9. The molecule has 11 heteroatoms. The minimum Gasteiger partial charge on any atom is -0.384 e. The molecule has 5 rings (SSSR count). The molecule has 2 aromatic heterocycles. The molecule has 1 atom stereocenters. The van der Waals surface area contributed by atoms with Crippen molar-refractivity contribution in [3.63, 3.8) is 0 Å². The summed E-state index contributed by atoms with van der Waals surface area (Å²) in [7, 11) is 0. The van der Waals surface area contributed by atoms with Crippen molar-refractivity contribution in [3.8, 4) is 6.07 Å².